The summed E-state index contributed by atoms with van der Waals surface area (Å²) in [5.74, 6) is 0. The van der Waals surface area contributed by atoms with E-state index in [0.29, 0.717) is 6.42 Å². The van der Waals surface area contributed by atoms with Gasteiger partial charge in [0, 0.05) is 12.1 Å². The van der Waals surface area contributed by atoms with Crippen molar-refractivity contribution in [3.63, 3.8) is 0 Å². The fourth-order valence-electron chi connectivity index (χ4n) is 2.55. The van der Waals surface area contributed by atoms with E-state index in [9.17, 15) is 26.9 Å². The van der Waals surface area contributed by atoms with Gasteiger partial charge in [0.1, 0.15) is 0 Å². The number of primary sulfonamides is 2. The van der Waals surface area contributed by atoms with Crippen LogP contribution in [0.25, 0.3) is 0 Å². The first-order valence-electron chi connectivity index (χ1n) is 12.1. The van der Waals surface area contributed by atoms with Crippen molar-refractivity contribution in [2.75, 3.05) is 0 Å². The van der Waals surface area contributed by atoms with Crippen LogP contribution in [0.4, 0.5) is 5.69 Å². The molecule has 40 heavy (non-hydrogen) atoms. The van der Waals surface area contributed by atoms with Gasteiger partial charge in [0.25, 0.3) is 5.69 Å². The summed E-state index contributed by atoms with van der Waals surface area (Å²) in [4.78, 5) is 10.2. The molecular formula is C27H39N3O8S2. The van der Waals surface area contributed by atoms with Crippen molar-refractivity contribution in [1.82, 2.24) is 0 Å². The summed E-state index contributed by atoms with van der Waals surface area (Å²) in [5, 5.41) is 37.5. The van der Waals surface area contributed by atoms with E-state index in [4.69, 9.17) is 20.5 Å². The highest BCUT2D eigenvalue weighted by atomic mass is 32.2. The molecule has 0 unspecified atom stereocenters. The minimum atomic E-state index is -3.52. The van der Waals surface area contributed by atoms with Gasteiger partial charge in [-0.2, -0.15) is 0 Å². The Morgan fingerprint density at radius 3 is 1.27 bits per heavy atom. The molecule has 11 nitrogen and oxygen atoms in total. The molecule has 2 atom stereocenters. The second-order valence-corrected chi connectivity index (χ2v) is 12.1. The van der Waals surface area contributed by atoms with Gasteiger partial charge in [0.05, 0.1) is 26.9 Å². The second kappa shape index (κ2) is 17.5. The molecule has 0 aliphatic rings. The first-order valence-corrected chi connectivity index (χ1v) is 15.2. The van der Waals surface area contributed by atoms with Gasteiger partial charge < -0.3 is 10.2 Å². The van der Waals surface area contributed by atoms with Crippen molar-refractivity contribution in [3.05, 3.63) is 99.6 Å². The largest absolute Gasteiger partial charge is 0.393 e. The lowest BCUT2D eigenvalue weighted by Crippen LogP contribution is -2.11. The van der Waals surface area contributed by atoms with Crippen molar-refractivity contribution in [3.8, 4) is 0 Å². The zero-order valence-corrected chi connectivity index (χ0v) is 24.9. The lowest BCUT2D eigenvalue weighted by molar-refractivity contribution is -0.384. The molecule has 0 heterocycles. The highest BCUT2D eigenvalue weighted by Crippen LogP contribution is 2.13. The van der Waals surface area contributed by atoms with E-state index in [1.54, 1.807) is 50.2 Å². The summed E-state index contributed by atoms with van der Waals surface area (Å²) in [6, 6.07) is 19.0. The normalized spacial score (nSPS) is 12.2. The maximum atomic E-state index is 10.7. The number of benzene rings is 3. The van der Waals surface area contributed by atoms with Gasteiger partial charge in [-0.1, -0.05) is 54.4 Å². The minimum Gasteiger partial charge on any atom is -0.393 e. The maximum Gasteiger partial charge on any atom is 0.269 e. The van der Waals surface area contributed by atoms with Crippen LogP contribution in [-0.2, 0) is 26.5 Å². The van der Waals surface area contributed by atoms with E-state index in [2.05, 4.69) is 0 Å². The van der Waals surface area contributed by atoms with Crippen molar-refractivity contribution < 1.29 is 32.0 Å². The van der Waals surface area contributed by atoms with Crippen molar-refractivity contribution in [2.45, 2.75) is 69.5 Å². The summed E-state index contributed by atoms with van der Waals surface area (Å²) in [7, 11) is -7.04. The SMILES string of the molecule is CC[C@@H](C)O.C[C@H](O)Cc1ccc([N+](=O)[O-])cc1.Cc1ccc(S(N)(=O)=O)cc1.Cc1ccc(S(N)(=O)=O)cc1. The third kappa shape index (κ3) is 16.7. The molecule has 3 aromatic carbocycles. The Balaban J connectivity index is 0.000000528. The van der Waals surface area contributed by atoms with Gasteiger partial charge >= 0.3 is 0 Å². The van der Waals surface area contributed by atoms with E-state index >= 15 is 0 Å². The van der Waals surface area contributed by atoms with Crippen LogP contribution in [0.5, 0.6) is 0 Å². The molecular weight excluding hydrogens is 558 g/mol. The first kappa shape index (κ1) is 36.8. The van der Waals surface area contributed by atoms with Crippen LogP contribution < -0.4 is 10.3 Å². The summed E-state index contributed by atoms with van der Waals surface area (Å²) < 4.78 is 42.9. The van der Waals surface area contributed by atoms with E-state index in [-0.39, 0.29) is 21.6 Å². The number of non-ortho nitro benzene ring substituents is 1. The monoisotopic (exact) mass is 597 g/mol. The first-order chi connectivity index (χ1) is 18.4. The van der Waals surface area contributed by atoms with Crippen LogP contribution in [-0.4, -0.2) is 44.2 Å². The third-order valence-electron chi connectivity index (χ3n) is 4.97. The molecule has 6 N–H and O–H groups in total. The number of sulfonamides is 2. The molecule has 0 amide bonds. The predicted molar refractivity (Wildman–Crippen MR) is 156 cm³/mol. The number of aliphatic hydroxyl groups is 2. The fourth-order valence-corrected chi connectivity index (χ4v) is 3.58. The molecule has 13 heteroatoms. The van der Waals surface area contributed by atoms with E-state index in [0.717, 1.165) is 23.1 Å². The van der Waals surface area contributed by atoms with Gasteiger partial charge in [-0.25, -0.2) is 27.1 Å². The smallest absolute Gasteiger partial charge is 0.269 e. The zero-order valence-electron chi connectivity index (χ0n) is 23.3. The van der Waals surface area contributed by atoms with E-state index in [1.807, 2.05) is 20.8 Å². The van der Waals surface area contributed by atoms with Gasteiger partial charge in [-0.3, -0.25) is 10.1 Å². The van der Waals surface area contributed by atoms with Gasteiger partial charge in [-0.05, 0) is 70.4 Å². The summed E-state index contributed by atoms with van der Waals surface area (Å²) in [6.07, 6.45) is 0.856. The van der Waals surface area contributed by atoms with Crippen LogP contribution >= 0.6 is 0 Å². The molecule has 0 fully saturated rings. The molecule has 3 aromatic rings. The molecule has 0 saturated heterocycles. The number of nitrogens with two attached hydrogens (primary N) is 2. The number of nitrogens with zero attached hydrogens (tertiary/aromatic N) is 1. The lowest BCUT2D eigenvalue weighted by atomic mass is 10.1. The number of rotatable bonds is 6. The quantitative estimate of drug-likeness (QED) is 0.243. The Hall–Kier alpha value is -3.20. The van der Waals surface area contributed by atoms with Gasteiger partial charge in [-0.15, -0.1) is 0 Å². The van der Waals surface area contributed by atoms with Crippen LogP contribution in [0.1, 0.15) is 43.9 Å². The summed E-state index contributed by atoms with van der Waals surface area (Å²) >= 11 is 0. The summed E-state index contributed by atoms with van der Waals surface area (Å²) in [6.45, 7) is 9.17. The maximum absolute atomic E-state index is 10.7. The highest BCUT2D eigenvalue weighted by molar-refractivity contribution is 7.89. The molecule has 0 aliphatic heterocycles. The summed E-state index contributed by atoms with van der Waals surface area (Å²) in [5.41, 5.74) is 3.00. The van der Waals surface area contributed by atoms with Crippen LogP contribution in [0, 0.1) is 24.0 Å². The topological polar surface area (TPSA) is 204 Å². The number of nitro benzene ring substituents is 1. The highest BCUT2D eigenvalue weighted by Gasteiger charge is 2.06. The van der Waals surface area contributed by atoms with Gasteiger partial charge in [0.2, 0.25) is 20.0 Å². The molecule has 0 radical (unpaired) electrons. The Morgan fingerprint density at radius 1 is 0.725 bits per heavy atom. The number of aryl methyl sites for hydroxylation is 2. The average molecular weight is 598 g/mol. The molecule has 0 aliphatic carbocycles. The lowest BCUT2D eigenvalue weighted by Gasteiger charge is -2.02. The standard InChI is InChI=1S/C9H11NO3.2C7H9NO2S.C4H10O/c1-7(11)6-8-2-4-9(5-3-8)10(12)13;2*1-6-2-4-7(5-3-6)11(8,9)10;1-3-4(2)5/h2-5,7,11H,6H2,1H3;2*2-5H,1H3,(H2,8,9,10);4-5H,3H2,1-2H3/t7-;;;4-/m0..1/s1. The Kier molecular flexibility index (Phi) is 16.1. The number of nitro groups is 1. The Morgan fingerprint density at radius 2 is 1.05 bits per heavy atom. The minimum absolute atomic E-state index is 0.0781. The fraction of sp³-hybridized carbons (Fsp3) is 0.333. The predicted octanol–water partition coefficient (Wildman–Crippen LogP) is 3.58. The second-order valence-electron chi connectivity index (χ2n) is 8.95. The number of hydrogen-bond acceptors (Lipinski definition) is 8. The van der Waals surface area contributed by atoms with Crippen LogP contribution in [0.2, 0.25) is 0 Å². The Labute approximate surface area is 236 Å². The van der Waals surface area contributed by atoms with Gasteiger partial charge in [0.15, 0.2) is 0 Å². The molecule has 0 aromatic heterocycles. The average Bonchev–Trinajstić information content (AvgIpc) is 2.84. The molecule has 0 saturated carbocycles. The molecule has 222 valence electrons. The van der Waals surface area contributed by atoms with Crippen molar-refractivity contribution >= 4 is 25.7 Å². The molecule has 0 bridgehead atoms. The zero-order chi connectivity index (χ0) is 31.1. The Bertz CT molecular complexity index is 1300. The third-order valence-corrected chi connectivity index (χ3v) is 6.83. The molecule has 3 rings (SSSR count). The number of hydrogen-bond donors (Lipinski definition) is 4. The van der Waals surface area contributed by atoms with Crippen molar-refractivity contribution in [2.24, 2.45) is 10.3 Å². The van der Waals surface area contributed by atoms with Crippen molar-refractivity contribution in [1.29, 1.82) is 0 Å². The van der Waals surface area contributed by atoms with Crippen LogP contribution in [0.15, 0.2) is 82.6 Å². The van der Waals surface area contributed by atoms with E-state index < -0.39 is 31.1 Å². The number of aliphatic hydroxyl groups excluding tert-OH is 2. The van der Waals surface area contributed by atoms with Crippen LogP contribution in [0.3, 0.4) is 0 Å². The van der Waals surface area contributed by atoms with E-state index in [1.165, 1.54) is 36.4 Å². The molecule has 0 spiro atoms.